The standard InChI is InChI=1S/C14H19N5O/c1-9(2)20-14-18-12(15-4)17-13(19-14)16-11-8-6-5-7-10(11)3/h5-9H,1-4H3,(H2,15,16,17,18,19). The monoisotopic (exact) mass is 273 g/mol. The van der Waals surface area contributed by atoms with Crippen LogP contribution in [0, 0.1) is 6.92 Å². The van der Waals surface area contributed by atoms with Gasteiger partial charge in [0.1, 0.15) is 0 Å². The lowest BCUT2D eigenvalue weighted by atomic mass is 10.2. The Morgan fingerprint density at radius 2 is 1.75 bits per heavy atom. The molecule has 0 aliphatic rings. The molecule has 0 saturated heterocycles. The van der Waals surface area contributed by atoms with E-state index in [-0.39, 0.29) is 6.10 Å². The van der Waals surface area contributed by atoms with Crippen LogP contribution in [0.25, 0.3) is 0 Å². The molecule has 0 saturated carbocycles. The quantitative estimate of drug-likeness (QED) is 0.872. The molecular weight excluding hydrogens is 254 g/mol. The molecule has 2 aromatic rings. The fourth-order valence-electron chi connectivity index (χ4n) is 1.62. The van der Waals surface area contributed by atoms with Crippen molar-refractivity contribution in [2.24, 2.45) is 0 Å². The third kappa shape index (κ3) is 3.57. The van der Waals surface area contributed by atoms with Crippen molar-refractivity contribution in [2.75, 3.05) is 17.7 Å². The van der Waals surface area contributed by atoms with Crippen molar-refractivity contribution in [1.82, 2.24) is 15.0 Å². The highest BCUT2D eigenvalue weighted by Gasteiger charge is 2.09. The van der Waals surface area contributed by atoms with Crippen molar-refractivity contribution in [3.63, 3.8) is 0 Å². The number of para-hydroxylation sites is 1. The van der Waals surface area contributed by atoms with Crippen molar-refractivity contribution in [3.05, 3.63) is 29.8 Å². The van der Waals surface area contributed by atoms with Gasteiger partial charge in [-0.2, -0.15) is 15.0 Å². The lowest BCUT2D eigenvalue weighted by Gasteiger charge is -2.12. The van der Waals surface area contributed by atoms with E-state index in [0.717, 1.165) is 11.3 Å². The van der Waals surface area contributed by atoms with Crippen molar-refractivity contribution < 1.29 is 4.74 Å². The van der Waals surface area contributed by atoms with Gasteiger partial charge >= 0.3 is 6.01 Å². The molecule has 0 bridgehead atoms. The van der Waals surface area contributed by atoms with Crippen LogP contribution in [0.3, 0.4) is 0 Å². The van der Waals surface area contributed by atoms with Gasteiger partial charge in [0.2, 0.25) is 11.9 Å². The first-order valence-corrected chi connectivity index (χ1v) is 6.51. The van der Waals surface area contributed by atoms with E-state index in [2.05, 4.69) is 25.6 Å². The lowest BCUT2D eigenvalue weighted by molar-refractivity contribution is 0.222. The summed E-state index contributed by atoms with van der Waals surface area (Å²) in [4.78, 5) is 12.7. The molecule has 2 N–H and O–H groups in total. The average molecular weight is 273 g/mol. The number of ether oxygens (including phenoxy) is 1. The van der Waals surface area contributed by atoms with Crippen LogP contribution >= 0.6 is 0 Å². The predicted molar refractivity (Wildman–Crippen MR) is 79.6 cm³/mol. The molecule has 1 aromatic heterocycles. The SMILES string of the molecule is CNc1nc(Nc2ccccc2C)nc(OC(C)C)n1. The first-order chi connectivity index (χ1) is 9.58. The molecule has 0 fully saturated rings. The summed E-state index contributed by atoms with van der Waals surface area (Å²) in [6.45, 7) is 5.88. The van der Waals surface area contributed by atoms with Gasteiger partial charge in [0.05, 0.1) is 6.10 Å². The van der Waals surface area contributed by atoms with Gasteiger partial charge < -0.3 is 15.4 Å². The average Bonchev–Trinajstić information content (AvgIpc) is 2.40. The summed E-state index contributed by atoms with van der Waals surface area (Å²) in [7, 11) is 1.76. The second kappa shape index (κ2) is 6.18. The third-order valence-corrected chi connectivity index (χ3v) is 2.57. The molecule has 0 atom stereocenters. The van der Waals surface area contributed by atoms with E-state index in [1.165, 1.54) is 0 Å². The van der Waals surface area contributed by atoms with Gasteiger partial charge in [0.15, 0.2) is 0 Å². The number of hydrogen-bond donors (Lipinski definition) is 2. The van der Waals surface area contributed by atoms with Crippen LogP contribution in [0.4, 0.5) is 17.6 Å². The number of nitrogens with one attached hydrogen (secondary N) is 2. The van der Waals surface area contributed by atoms with Gasteiger partial charge in [-0.3, -0.25) is 0 Å². The maximum atomic E-state index is 5.52. The molecule has 0 radical (unpaired) electrons. The van der Waals surface area contributed by atoms with Crippen LogP contribution in [0.5, 0.6) is 6.01 Å². The van der Waals surface area contributed by atoms with Crippen molar-refractivity contribution in [1.29, 1.82) is 0 Å². The van der Waals surface area contributed by atoms with Gasteiger partial charge in [-0.15, -0.1) is 0 Å². The summed E-state index contributed by atoms with van der Waals surface area (Å²) in [5.41, 5.74) is 2.07. The zero-order chi connectivity index (χ0) is 14.5. The maximum absolute atomic E-state index is 5.52. The van der Waals surface area contributed by atoms with Crippen LogP contribution < -0.4 is 15.4 Å². The lowest BCUT2D eigenvalue weighted by Crippen LogP contribution is -2.12. The molecule has 6 nitrogen and oxygen atoms in total. The van der Waals surface area contributed by atoms with Gasteiger partial charge in [-0.1, -0.05) is 18.2 Å². The molecule has 0 aliphatic heterocycles. The van der Waals surface area contributed by atoms with Crippen LogP contribution in [-0.2, 0) is 0 Å². The minimum atomic E-state index is 0.00779. The largest absolute Gasteiger partial charge is 0.461 e. The van der Waals surface area contributed by atoms with E-state index in [1.807, 2.05) is 45.0 Å². The molecule has 0 unspecified atom stereocenters. The van der Waals surface area contributed by atoms with Crippen LogP contribution in [-0.4, -0.2) is 28.1 Å². The normalized spacial score (nSPS) is 10.4. The zero-order valence-electron chi connectivity index (χ0n) is 12.1. The first-order valence-electron chi connectivity index (χ1n) is 6.51. The Bertz CT molecular complexity index is 586. The third-order valence-electron chi connectivity index (χ3n) is 2.57. The highest BCUT2D eigenvalue weighted by Crippen LogP contribution is 2.19. The topological polar surface area (TPSA) is 72.0 Å². The van der Waals surface area contributed by atoms with E-state index in [4.69, 9.17) is 4.74 Å². The number of nitrogens with zero attached hydrogens (tertiary/aromatic N) is 3. The second-order valence-corrected chi connectivity index (χ2v) is 4.62. The molecule has 0 spiro atoms. The smallest absolute Gasteiger partial charge is 0.323 e. The van der Waals surface area contributed by atoms with Crippen LogP contribution in [0.1, 0.15) is 19.4 Å². The van der Waals surface area contributed by atoms with Crippen molar-refractivity contribution >= 4 is 17.6 Å². The minimum absolute atomic E-state index is 0.00779. The van der Waals surface area contributed by atoms with E-state index < -0.39 is 0 Å². The Morgan fingerprint density at radius 1 is 1.05 bits per heavy atom. The summed E-state index contributed by atoms with van der Waals surface area (Å²) in [5, 5.41) is 6.08. The molecule has 6 heteroatoms. The first kappa shape index (κ1) is 14.0. The van der Waals surface area contributed by atoms with E-state index in [1.54, 1.807) is 7.05 Å². The predicted octanol–water partition coefficient (Wildman–Crippen LogP) is 2.75. The summed E-state index contributed by atoms with van der Waals surface area (Å²) >= 11 is 0. The molecule has 20 heavy (non-hydrogen) atoms. The van der Waals surface area contributed by atoms with Crippen LogP contribution in [0.15, 0.2) is 24.3 Å². The van der Waals surface area contributed by atoms with E-state index >= 15 is 0 Å². The Balaban J connectivity index is 2.29. The number of benzene rings is 1. The summed E-state index contributed by atoms with van der Waals surface area (Å²) in [6.07, 6.45) is 0.00779. The zero-order valence-corrected chi connectivity index (χ0v) is 12.1. The number of aryl methyl sites for hydroxylation is 1. The van der Waals surface area contributed by atoms with Gasteiger partial charge in [0.25, 0.3) is 0 Å². The second-order valence-electron chi connectivity index (χ2n) is 4.62. The van der Waals surface area contributed by atoms with Crippen LogP contribution in [0.2, 0.25) is 0 Å². The van der Waals surface area contributed by atoms with E-state index in [0.29, 0.717) is 17.9 Å². The molecule has 0 amide bonds. The Morgan fingerprint density at radius 3 is 2.40 bits per heavy atom. The number of hydrogen-bond acceptors (Lipinski definition) is 6. The summed E-state index contributed by atoms with van der Waals surface area (Å²) in [5.74, 6) is 0.918. The molecular formula is C14H19N5O. The number of rotatable bonds is 5. The Labute approximate surface area is 118 Å². The van der Waals surface area contributed by atoms with E-state index in [9.17, 15) is 0 Å². The number of aromatic nitrogens is 3. The van der Waals surface area contributed by atoms with Crippen molar-refractivity contribution in [3.8, 4) is 6.01 Å². The molecule has 106 valence electrons. The highest BCUT2D eigenvalue weighted by molar-refractivity contribution is 5.58. The van der Waals surface area contributed by atoms with Crippen molar-refractivity contribution in [2.45, 2.75) is 26.9 Å². The minimum Gasteiger partial charge on any atom is -0.461 e. The molecule has 1 heterocycles. The highest BCUT2D eigenvalue weighted by atomic mass is 16.5. The summed E-state index contributed by atoms with van der Waals surface area (Å²) in [6, 6.07) is 8.24. The molecule has 0 aliphatic carbocycles. The number of anilines is 3. The van der Waals surface area contributed by atoms with Gasteiger partial charge in [-0.05, 0) is 32.4 Å². The molecule has 2 rings (SSSR count). The van der Waals surface area contributed by atoms with Gasteiger partial charge in [0, 0.05) is 12.7 Å². The molecule has 1 aromatic carbocycles. The summed E-state index contributed by atoms with van der Waals surface area (Å²) < 4.78 is 5.52. The fraction of sp³-hybridized carbons (Fsp3) is 0.357. The maximum Gasteiger partial charge on any atom is 0.323 e. The Hall–Kier alpha value is -2.37. The Kier molecular flexibility index (Phi) is 4.34. The van der Waals surface area contributed by atoms with Gasteiger partial charge in [-0.25, -0.2) is 0 Å². The fourth-order valence-corrected chi connectivity index (χ4v) is 1.62.